The Hall–Kier alpha value is -2.97. The summed E-state index contributed by atoms with van der Waals surface area (Å²) in [6, 6.07) is 9.76. The molecule has 3 aromatic rings. The Bertz CT molecular complexity index is 1240. The van der Waals surface area contributed by atoms with Crippen LogP contribution in [0.2, 0.25) is 0 Å². The van der Waals surface area contributed by atoms with E-state index in [2.05, 4.69) is 4.72 Å². The number of aryl methyl sites for hydroxylation is 3. The van der Waals surface area contributed by atoms with Crippen LogP contribution in [0.1, 0.15) is 23.6 Å². The molecule has 0 saturated carbocycles. The Balaban J connectivity index is 1.86. The van der Waals surface area contributed by atoms with E-state index in [0.29, 0.717) is 16.5 Å². The number of hydrogen-bond donors (Lipinski definition) is 1. The SMILES string of the molecule is Cc1ccc(S(=O)(=O)NC(C)C(=O)Oc2cc(C)cc3oc(=O)cc(C)c23)cc1. The summed E-state index contributed by atoms with van der Waals surface area (Å²) in [6.07, 6.45) is 0. The van der Waals surface area contributed by atoms with E-state index in [1.165, 1.54) is 25.1 Å². The second-order valence-electron chi connectivity index (χ2n) is 6.96. The number of sulfonamides is 1. The van der Waals surface area contributed by atoms with Gasteiger partial charge in [-0.2, -0.15) is 4.72 Å². The number of hydrogen-bond acceptors (Lipinski definition) is 6. The fourth-order valence-corrected chi connectivity index (χ4v) is 4.11. The Kier molecular flexibility index (Phi) is 5.59. The molecule has 1 N–H and O–H groups in total. The van der Waals surface area contributed by atoms with Crippen molar-refractivity contribution in [3.63, 3.8) is 0 Å². The maximum Gasteiger partial charge on any atom is 0.336 e. The Labute approximate surface area is 168 Å². The van der Waals surface area contributed by atoms with Gasteiger partial charge in [-0.3, -0.25) is 0 Å². The average molecular weight is 415 g/mol. The largest absolute Gasteiger partial charge is 0.425 e. The molecule has 0 spiro atoms. The molecule has 1 aromatic heterocycles. The lowest BCUT2D eigenvalue weighted by Crippen LogP contribution is -2.40. The number of nitrogens with one attached hydrogen (secondary N) is 1. The molecular formula is C21H21NO6S. The molecule has 1 heterocycles. The summed E-state index contributed by atoms with van der Waals surface area (Å²) >= 11 is 0. The second kappa shape index (κ2) is 7.81. The van der Waals surface area contributed by atoms with Crippen molar-refractivity contribution in [3.8, 4) is 5.75 Å². The van der Waals surface area contributed by atoms with Crippen molar-refractivity contribution in [3.05, 3.63) is 69.6 Å². The number of esters is 1. The molecule has 0 aliphatic rings. The van der Waals surface area contributed by atoms with Gasteiger partial charge < -0.3 is 9.15 Å². The molecule has 152 valence electrons. The van der Waals surface area contributed by atoms with Crippen LogP contribution in [-0.2, 0) is 14.8 Å². The minimum atomic E-state index is -3.89. The number of carbonyl (C=O) groups is 1. The van der Waals surface area contributed by atoms with Crippen molar-refractivity contribution >= 4 is 27.0 Å². The first-order valence-electron chi connectivity index (χ1n) is 8.92. The van der Waals surface area contributed by atoms with Crippen LogP contribution in [0.3, 0.4) is 0 Å². The van der Waals surface area contributed by atoms with Crippen LogP contribution >= 0.6 is 0 Å². The number of ether oxygens (including phenoxy) is 1. The lowest BCUT2D eigenvalue weighted by molar-refractivity contribution is -0.135. The highest BCUT2D eigenvalue weighted by atomic mass is 32.2. The summed E-state index contributed by atoms with van der Waals surface area (Å²) < 4.78 is 38.0. The number of rotatable bonds is 5. The molecule has 0 radical (unpaired) electrons. The molecule has 0 aliphatic heterocycles. The molecule has 1 atom stereocenters. The van der Waals surface area contributed by atoms with Crippen LogP contribution in [0.25, 0.3) is 11.0 Å². The van der Waals surface area contributed by atoms with Gasteiger partial charge in [0.15, 0.2) is 0 Å². The van der Waals surface area contributed by atoms with Gasteiger partial charge in [-0.05, 0) is 63.1 Å². The zero-order valence-corrected chi connectivity index (χ0v) is 17.3. The second-order valence-corrected chi connectivity index (χ2v) is 8.68. The lowest BCUT2D eigenvalue weighted by Gasteiger charge is -2.15. The van der Waals surface area contributed by atoms with Gasteiger partial charge in [0.25, 0.3) is 0 Å². The Morgan fingerprint density at radius 3 is 2.34 bits per heavy atom. The molecule has 3 rings (SSSR count). The average Bonchev–Trinajstić information content (AvgIpc) is 2.60. The quantitative estimate of drug-likeness (QED) is 0.390. The fourth-order valence-electron chi connectivity index (χ4n) is 2.92. The maximum atomic E-state index is 12.6. The molecule has 0 saturated heterocycles. The summed E-state index contributed by atoms with van der Waals surface area (Å²) in [5.41, 5.74) is 2.03. The van der Waals surface area contributed by atoms with Crippen molar-refractivity contribution in [1.29, 1.82) is 0 Å². The molecule has 0 bridgehead atoms. The summed E-state index contributed by atoms with van der Waals surface area (Å²) in [4.78, 5) is 24.2. The van der Waals surface area contributed by atoms with Crippen LogP contribution in [0.4, 0.5) is 0 Å². The van der Waals surface area contributed by atoms with E-state index < -0.39 is 27.7 Å². The predicted molar refractivity (Wildman–Crippen MR) is 109 cm³/mol. The van der Waals surface area contributed by atoms with E-state index in [0.717, 1.165) is 11.1 Å². The highest BCUT2D eigenvalue weighted by molar-refractivity contribution is 7.89. The van der Waals surface area contributed by atoms with Gasteiger partial charge in [0.2, 0.25) is 10.0 Å². The standard InChI is InChI=1S/C21H21NO6S/c1-12-5-7-16(8-6-12)29(25,26)22-15(4)21(24)28-18-10-13(2)9-17-20(18)14(3)11-19(23)27-17/h5-11,15,22H,1-4H3. The zero-order valence-electron chi connectivity index (χ0n) is 16.5. The minimum absolute atomic E-state index is 0.0568. The Morgan fingerprint density at radius 2 is 1.69 bits per heavy atom. The number of benzene rings is 2. The highest BCUT2D eigenvalue weighted by Crippen LogP contribution is 2.29. The highest BCUT2D eigenvalue weighted by Gasteiger charge is 2.24. The van der Waals surface area contributed by atoms with Crippen LogP contribution in [0.5, 0.6) is 5.75 Å². The maximum absolute atomic E-state index is 12.6. The van der Waals surface area contributed by atoms with Crippen molar-refractivity contribution in [1.82, 2.24) is 4.72 Å². The van der Waals surface area contributed by atoms with Crippen LogP contribution < -0.4 is 15.1 Å². The molecule has 0 amide bonds. The molecule has 0 fully saturated rings. The number of fused-ring (bicyclic) bond motifs is 1. The molecule has 8 heteroatoms. The van der Waals surface area contributed by atoms with Crippen LogP contribution in [0.15, 0.2) is 56.6 Å². The van der Waals surface area contributed by atoms with Crippen molar-refractivity contribution < 1.29 is 22.4 Å². The van der Waals surface area contributed by atoms with Gasteiger partial charge in [0.1, 0.15) is 17.4 Å². The van der Waals surface area contributed by atoms with Gasteiger partial charge in [-0.15, -0.1) is 0 Å². The molecular weight excluding hydrogens is 394 g/mol. The number of carbonyl (C=O) groups excluding carboxylic acids is 1. The topological polar surface area (TPSA) is 103 Å². The van der Waals surface area contributed by atoms with E-state index in [1.807, 2.05) is 6.92 Å². The Morgan fingerprint density at radius 1 is 1.03 bits per heavy atom. The third-order valence-electron chi connectivity index (χ3n) is 4.38. The smallest absolute Gasteiger partial charge is 0.336 e. The molecule has 1 unspecified atom stereocenters. The fraction of sp³-hybridized carbons (Fsp3) is 0.238. The van der Waals surface area contributed by atoms with Gasteiger partial charge in [-0.25, -0.2) is 18.0 Å². The third-order valence-corrected chi connectivity index (χ3v) is 5.93. The minimum Gasteiger partial charge on any atom is -0.425 e. The molecule has 29 heavy (non-hydrogen) atoms. The van der Waals surface area contributed by atoms with Crippen LogP contribution in [0, 0.1) is 20.8 Å². The van der Waals surface area contributed by atoms with Gasteiger partial charge in [0, 0.05) is 6.07 Å². The van der Waals surface area contributed by atoms with Crippen LogP contribution in [-0.4, -0.2) is 20.4 Å². The summed E-state index contributed by atoms with van der Waals surface area (Å²) in [5, 5.41) is 0.483. The summed E-state index contributed by atoms with van der Waals surface area (Å²) in [6.45, 7) is 6.72. The molecule has 7 nitrogen and oxygen atoms in total. The molecule has 2 aromatic carbocycles. The first kappa shape index (κ1) is 20.8. The van der Waals surface area contributed by atoms with E-state index >= 15 is 0 Å². The van der Waals surface area contributed by atoms with Gasteiger partial charge in [0.05, 0.1) is 10.3 Å². The monoisotopic (exact) mass is 415 g/mol. The van der Waals surface area contributed by atoms with Gasteiger partial charge >= 0.3 is 11.6 Å². The van der Waals surface area contributed by atoms with E-state index in [9.17, 15) is 18.0 Å². The lowest BCUT2D eigenvalue weighted by atomic mass is 10.1. The van der Waals surface area contributed by atoms with E-state index in [1.54, 1.807) is 38.1 Å². The first-order chi connectivity index (χ1) is 13.6. The summed E-state index contributed by atoms with van der Waals surface area (Å²) in [7, 11) is -3.89. The van der Waals surface area contributed by atoms with Crippen molar-refractivity contribution in [2.24, 2.45) is 0 Å². The zero-order chi connectivity index (χ0) is 21.3. The van der Waals surface area contributed by atoms with E-state index in [4.69, 9.17) is 9.15 Å². The predicted octanol–water partition coefficient (Wildman–Crippen LogP) is 2.99. The summed E-state index contributed by atoms with van der Waals surface area (Å²) in [5.74, 6) is -0.578. The molecule has 0 aliphatic carbocycles. The van der Waals surface area contributed by atoms with E-state index in [-0.39, 0.29) is 10.6 Å². The van der Waals surface area contributed by atoms with Crippen molar-refractivity contribution in [2.75, 3.05) is 0 Å². The van der Waals surface area contributed by atoms with Crippen molar-refractivity contribution in [2.45, 2.75) is 38.6 Å². The van der Waals surface area contributed by atoms with Gasteiger partial charge in [-0.1, -0.05) is 17.7 Å². The third kappa shape index (κ3) is 4.55. The normalized spacial score (nSPS) is 12.7. The first-order valence-corrected chi connectivity index (χ1v) is 10.4.